The SMILES string of the molecule is Cc1cc(NC(=O)C(C)Oc2cccc3c2CCCC3)ccc1N1CCCC1=O. The Kier molecular flexibility index (Phi) is 5.56. The third-order valence-corrected chi connectivity index (χ3v) is 5.85. The largest absolute Gasteiger partial charge is 0.481 e. The van der Waals surface area contributed by atoms with Gasteiger partial charge < -0.3 is 15.0 Å². The van der Waals surface area contributed by atoms with Crippen molar-refractivity contribution >= 4 is 23.2 Å². The lowest BCUT2D eigenvalue weighted by molar-refractivity contribution is -0.122. The number of anilines is 2. The van der Waals surface area contributed by atoms with Crippen molar-refractivity contribution in [1.29, 1.82) is 0 Å². The van der Waals surface area contributed by atoms with Gasteiger partial charge in [0.1, 0.15) is 5.75 Å². The Morgan fingerprint density at radius 1 is 1.10 bits per heavy atom. The number of carbonyl (C=O) groups is 2. The van der Waals surface area contributed by atoms with Crippen LogP contribution in [0.4, 0.5) is 11.4 Å². The van der Waals surface area contributed by atoms with Crippen molar-refractivity contribution in [2.75, 3.05) is 16.8 Å². The van der Waals surface area contributed by atoms with Crippen molar-refractivity contribution < 1.29 is 14.3 Å². The third kappa shape index (κ3) is 4.14. The minimum atomic E-state index is -0.594. The fourth-order valence-electron chi connectivity index (χ4n) is 4.28. The molecule has 5 heteroatoms. The molecule has 1 atom stereocenters. The van der Waals surface area contributed by atoms with Gasteiger partial charge in [0.2, 0.25) is 5.91 Å². The molecule has 4 rings (SSSR count). The van der Waals surface area contributed by atoms with Crippen LogP contribution in [0.1, 0.15) is 49.3 Å². The highest BCUT2D eigenvalue weighted by atomic mass is 16.5. The summed E-state index contributed by atoms with van der Waals surface area (Å²) in [4.78, 5) is 26.5. The number of nitrogens with one attached hydrogen (secondary N) is 1. The molecule has 5 nitrogen and oxygen atoms in total. The molecule has 152 valence electrons. The molecule has 2 aromatic carbocycles. The number of carbonyl (C=O) groups excluding carboxylic acids is 2. The molecule has 0 bridgehead atoms. The quantitative estimate of drug-likeness (QED) is 0.820. The maximum Gasteiger partial charge on any atom is 0.265 e. The molecule has 0 radical (unpaired) electrons. The van der Waals surface area contributed by atoms with Crippen LogP contribution >= 0.6 is 0 Å². The second-order valence-corrected chi connectivity index (χ2v) is 8.00. The average molecular weight is 392 g/mol. The summed E-state index contributed by atoms with van der Waals surface area (Å²) in [6, 6.07) is 11.8. The van der Waals surface area contributed by atoms with Crippen molar-refractivity contribution in [3.05, 3.63) is 53.1 Å². The molecule has 1 aliphatic carbocycles. The third-order valence-electron chi connectivity index (χ3n) is 5.85. The number of fused-ring (bicyclic) bond motifs is 1. The molecular weight excluding hydrogens is 364 g/mol. The van der Waals surface area contributed by atoms with Gasteiger partial charge in [0.15, 0.2) is 6.10 Å². The molecule has 29 heavy (non-hydrogen) atoms. The van der Waals surface area contributed by atoms with E-state index in [1.165, 1.54) is 24.0 Å². The summed E-state index contributed by atoms with van der Waals surface area (Å²) in [6.07, 6.45) is 5.38. The first kappa shape index (κ1) is 19.5. The van der Waals surface area contributed by atoms with Gasteiger partial charge in [-0.3, -0.25) is 9.59 Å². The number of rotatable bonds is 5. The monoisotopic (exact) mass is 392 g/mol. The summed E-state index contributed by atoms with van der Waals surface area (Å²) in [5.74, 6) is 0.810. The molecule has 1 heterocycles. The van der Waals surface area contributed by atoms with E-state index in [0.717, 1.165) is 42.8 Å². The van der Waals surface area contributed by atoms with Crippen molar-refractivity contribution in [3.8, 4) is 5.75 Å². The summed E-state index contributed by atoms with van der Waals surface area (Å²) >= 11 is 0. The van der Waals surface area contributed by atoms with Crippen molar-refractivity contribution in [1.82, 2.24) is 0 Å². The Hall–Kier alpha value is -2.82. The zero-order chi connectivity index (χ0) is 20.4. The Morgan fingerprint density at radius 3 is 2.69 bits per heavy atom. The highest BCUT2D eigenvalue weighted by Crippen LogP contribution is 2.31. The Balaban J connectivity index is 1.43. The van der Waals surface area contributed by atoms with Gasteiger partial charge in [-0.15, -0.1) is 0 Å². The van der Waals surface area contributed by atoms with Crippen LogP contribution in [0.2, 0.25) is 0 Å². The van der Waals surface area contributed by atoms with Crippen molar-refractivity contribution in [2.45, 2.75) is 58.5 Å². The highest BCUT2D eigenvalue weighted by Gasteiger charge is 2.24. The zero-order valence-corrected chi connectivity index (χ0v) is 17.2. The summed E-state index contributed by atoms with van der Waals surface area (Å²) in [6.45, 7) is 4.51. The van der Waals surface area contributed by atoms with Crippen molar-refractivity contribution in [2.24, 2.45) is 0 Å². The van der Waals surface area contributed by atoms with E-state index in [0.29, 0.717) is 12.1 Å². The first-order valence-corrected chi connectivity index (χ1v) is 10.5. The number of hydrogen-bond donors (Lipinski definition) is 1. The molecule has 0 aromatic heterocycles. The van der Waals surface area contributed by atoms with Gasteiger partial charge in [-0.2, -0.15) is 0 Å². The van der Waals surface area contributed by atoms with Crippen LogP contribution in [0.25, 0.3) is 0 Å². The van der Waals surface area contributed by atoms with Gasteiger partial charge in [-0.05, 0) is 86.9 Å². The molecule has 1 N–H and O–H groups in total. The predicted octanol–water partition coefficient (Wildman–Crippen LogP) is 4.41. The first-order valence-electron chi connectivity index (χ1n) is 10.5. The molecule has 0 spiro atoms. The summed E-state index contributed by atoms with van der Waals surface area (Å²) in [5.41, 5.74) is 5.20. The van der Waals surface area contributed by atoms with Crippen LogP contribution in [0.3, 0.4) is 0 Å². The fourth-order valence-corrected chi connectivity index (χ4v) is 4.28. The summed E-state index contributed by atoms with van der Waals surface area (Å²) in [5, 5.41) is 2.94. The summed E-state index contributed by atoms with van der Waals surface area (Å²) in [7, 11) is 0. The Labute approximate surface area is 172 Å². The molecule has 1 unspecified atom stereocenters. The van der Waals surface area contributed by atoms with Gasteiger partial charge in [0.05, 0.1) is 0 Å². The van der Waals surface area contributed by atoms with E-state index in [-0.39, 0.29) is 11.8 Å². The number of aryl methyl sites for hydroxylation is 2. The molecule has 0 saturated carbocycles. The number of nitrogens with zero attached hydrogens (tertiary/aromatic N) is 1. The van der Waals surface area contributed by atoms with E-state index < -0.39 is 6.10 Å². The molecule has 2 aromatic rings. The van der Waals surface area contributed by atoms with E-state index in [9.17, 15) is 9.59 Å². The second-order valence-electron chi connectivity index (χ2n) is 8.00. The average Bonchev–Trinajstić information content (AvgIpc) is 3.14. The number of ether oxygens (including phenoxy) is 1. The van der Waals surface area contributed by atoms with Gasteiger partial charge in [-0.25, -0.2) is 0 Å². The molecule has 1 aliphatic heterocycles. The van der Waals surface area contributed by atoms with Crippen molar-refractivity contribution in [3.63, 3.8) is 0 Å². The minimum absolute atomic E-state index is 0.165. The lowest BCUT2D eigenvalue weighted by Gasteiger charge is -2.22. The normalized spacial score (nSPS) is 17.0. The standard InChI is InChI=1S/C24H28N2O3/c1-16-15-19(12-13-21(16)26-14-6-11-23(26)27)25-24(28)17(2)29-22-10-5-8-18-7-3-4-9-20(18)22/h5,8,10,12-13,15,17H,3-4,6-7,9,11,14H2,1-2H3,(H,25,28). The highest BCUT2D eigenvalue weighted by molar-refractivity contribution is 5.97. The van der Waals surface area contributed by atoms with Gasteiger partial charge in [0, 0.05) is 24.3 Å². The second kappa shape index (κ2) is 8.27. The smallest absolute Gasteiger partial charge is 0.265 e. The lowest BCUT2D eigenvalue weighted by atomic mass is 9.91. The minimum Gasteiger partial charge on any atom is -0.481 e. The Morgan fingerprint density at radius 2 is 1.93 bits per heavy atom. The number of hydrogen-bond acceptors (Lipinski definition) is 3. The lowest BCUT2D eigenvalue weighted by Crippen LogP contribution is -2.30. The van der Waals surface area contributed by atoms with Gasteiger partial charge in [-0.1, -0.05) is 12.1 Å². The fraction of sp³-hybridized carbons (Fsp3) is 0.417. The van der Waals surface area contributed by atoms with Crippen LogP contribution in [0, 0.1) is 6.92 Å². The number of amides is 2. The maximum absolute atomic E-state index is 12.7. The van der Waals surface area contributed by atoms with Crippen LogP contribution in [-0.4, -0.2) is 24.5 Å². The number of benzene rings is 2. The van der Waals surface area contributed by atoms with Crippen LogP contribution < -0.4 is 15.0 Å². The topological polar surface area (TPSA) is 58.6 Å². The van der Waals surface area contributed by atoms with E-state index in [4.69, 9.17) is 4.74 Å². The van der Waals surface area contributed by atoms with E-state index in [1.54, 1.807) is 6.92 Å². The van der Waals surface area contributed by atoms with E-state index in [1.807, 2.05) is 42.2 Å². The summed E-state index contributed by atoms with van der Waals surface area (Å²) < 4.78 is 6.03. The predicted molar refractivity (Wildman–Crippen MR) is 115 cm³/mol. The zero-order valence-electron chi connectivity index (χ0n) is 17.2. The molecule has 1 saturated heterocycles. The van der Waals surface area contributed by atoms with Gasteiger partial charge >= 0.3 is 0 Å². The maximum atomic E-state index is 12.7. The van der Waals surface area contributed by atoms with Gasteiger partial charge in [0.25, 0.3) is 5.91 Å². The molecule has 1 fully saturated rings. The Bertz CT molecular complexity index is 938. The van der Waals surface area contributed by atoms with E-state index in [2.05, 4.69) is 11.4 Å². The molecule has 2 amide bonds. The van der Waals surface area contributed by atoms with Crippen LogP contribution in [-0.2, 0) is 22.4 Å². The molecular formula is C24H28N2O3. The molecule has 2 aliphatic rings. The van der Waals surface area contributed by atoms with Crippen LogP contribution in [0.15, 0.2) is 36.4 Å². The van der Waals surface area contributed by atoms with Crippen LogP contribution in [0.5, 0.6) is 5.75 Å². The first-order chi connectivity index (χ1) is 14.0. The van der Waals surface area contributed by atoms with E-state index >= 15 is 0 Å².